The second-order valence-electron chi connectivity index (χ2n) is 6.12. The highest BCUT2D eigenvalue weighted by atomic mass is 35.5. The molecule has 2 rings (SSSR count). The first kappa shape index (κ1) is 22.9. The van der Waals surface area contributed by atoms with Crippen LogP contribution in [0.25, 0.3) is 0 Å². The summed E-state index contributed by atoms with van der Waals surface area (Å²) >= 11 is 5.96. The third kappa shape index (κ3) is 4.77. The Morgan fingerprint density at radius 1 is 1.23 bits per heavy atom. The zero-order valence-corrected chi connectivity index (χ0v) is 16.2. The lowest BCUT2D eigenvalue weighted by molar-refractivity contribution is -0.156. The molecule has 0 fully saturated rings. The second-order valence-corrected chi connectivity index (χ2v) is 6.48. The van der Waals surface area contributed by atoms with Gasteiger partial charge in [0.15, 0.2) is 0 Å². The number of carbonyl (C=O) groups excluding carboxylic acids is 3. The number of rotatable bonds is 5. The van der Waals surface area contributed by atoms with Crippen molar-refractivity contribution in [3.8, 4) is 6.07 Å². The number of Topliss-reactive ketones (excluding diaryl/α,β-unsaturated/α-hetero) is 1. The van der Waals surface area contributed by atoms with E-state index in [1.165, 1.54) is 18.4 Å². The molecule has 0 unspecified atom stereocenters. The lowest BCUT2D eigenvalue weighted by Crippen LogP contribution is -2.45. The van der Waals surface area contributed by atoms with Gasteiger partial charge in [-0.15, -0.1) is 0 Å². The number of anilines is 1. The van der Waals surface area contributed by atoms with Crippen LogP contribution in [-0.2, 0) is 11.8 Å². The van der Waals surface area contributed by atoms with Crippen molar-refractivity contribution in [2.24, 2.45) is 7.05 Å². The summed E-state index contributed by atoms with van der Waals surface area (Å²) in [6.07, 6.45) is -4.75. The summed E-state index contributed by atoms with van der Waals surface area (Å²) in [5.74, 6) is -4.52. The molecule has 0 aliphatic rings. The highest BCUT2D eigenvalue weighted by Gasteiger charge is 2.38. The normalized spacial score (nSPS) is 12.1. The molecule has 7 nitrogen and oxygen atoms in total. The smallest absolute Gasteiger partial charge is 0.338 e. The number of aromatic nitrogens is 1. The van der Waals surface area contributed by atoms with Gasteiger partial charge in [0.1, 0.15) is 28.8 Å². The molecule has 1 heterocycles. The number of alkyl halides is 3. The number of nitriles is 1. The van der Waals surface area contributed by atoms with Gasteiger partial charge in [0.05, 0.1) is 11.1 Å². The summed E-state index contributed by atoms with van der Waals surface area (Å²) in [6.45, 7) is 0.662. The minimum atomic E-state index is -4.75. The first-order valence-corrected chi connectivity index (χ1v) is 8.52. The Morgan fingerprint density at radius 3 is 2.43 bits per heavy atom. The van der Waals surface area contributed by atoms with E-state index in [-0.39, 0.29) is 22.1 Å². The van der Waals surface area contributed by atoms with Gasteiger partial charge in [-0.2, -0.15) is 18.4 Å². The third-order valence-corrected chi connectivity index (χ3v) is 4.48. The Labute approximate surface area is 172 Å². The molecule has 30 heavy (non-hydrogen) atoms. The van der Waals surface area contributed by atoms with E-state index in [9.17, 15) is 31.9 Å². The quantitative estimate of drug-likeness (QED) is 0.420. The van der Waals surface area contributed by atoms with Crippen molar-refractivity contribution < 1.29 is 31.9 Å². The van der Waals surface area contributed by atoms with Gasteiger partial charge < -0.3 is 15.2 Å². The monoisotopic (exact) mass is 444 g/mol. The maximum Gasteiger partial charge on any atom is 0.408 e. The van der Waals surface area contributed by atoms with Crippen LogP contribution in [0, 0.1) is 17.1 Å². The van der Waals surface area contributed by atoms with Gasteiger partial charge in [0.25, 0.3) is 17.6 Å². The van der Waals surface area contributed by atoms with E-state index >= 15 is 0 Å². The van der Waals surface area contributed by atoms with Crippen LogP contribution in [0.3, 0.4) is 0 Å². The molecule has 0 saturated carbocycles. The van der Waals surface area contributed by atoms with E-state index in [4.69, 9.17) is 16.9 Å². The topological polar surface area (TPSA) is 104 Å². The van der Waals surface area contributed by atoms with Crippen molar-refractivity contribution in [2.75, 3.05) is 5.32 Å². The molecule has 1 atom stereocenters. The van der Waals surface area contributed by atoms with Crippen molar-refractivity contribution in [2.45, 2.75) is 19.1 Å². The number of nitrogens with one attached hydrogen (secondary N) is 2. The lowest BCUT2D eigenvalue weighted by Gasteiger charge is -2.16. The summed E-state index contributed by atoms with van der Waals surface area (Å²) in [5.41, 5.74) is -0.931. The van der Waals surface area contributed by atoms with Crippen LogP contribution in [-0.4, -0.2) is 34.4 Å². The fraction of sp³-hybridized carbons (Fsp3) is 0.222. The molecular formula is C18H13ClF4N4O3. The van der Waals surface area contributed by atoms with E-state index in [0.29, 0.717) is 6.92 Å². The van der Waals surface area contributed by atoms with E-state index in [2.05, 4.69) is 5.32 Å². The van der Waals surface area contributed by atoms with Crippen LogP contribution in [0.15, 0.2) is 24.3 Å². The van der Waals surface area contributed by atoms with Crippen LogP contribution in [0.1, 0.15) is 33.3 Å². The molecule has 12 heteroatoms. The van der Waals surface area contributed by atoms with Gasteiger partial charge in [-0.1, -0.05) is 11.6 Å². The number of carbonyl (C=O) groups is 3. The Hall–Kier alpha value is -3.39. The SMILES string of the molecule is C[C@@H](NC(=O)C(=O)c1cc(C(=O)Nc2ccc(F)c(C#N)c2)n(C)c1Cl)C(F)(F)F. The summed E-state index contributed by atoms with van der Waals surface area (Å²) in [6, 6.07) is 3.51. The van der Waals surface area contributed by atoms with Gasteiger partial charge in [-0.25, -0.2) is 4.39 Å². The van der Waals surface area contributed by atoms with Crippen LogP contribution in [0.2, 0.25) is 5.15 Å². The van der Waals surface area contributed by atoms with E-state index < -0.39 is 41.2 Å². The molecule has 2 amide bonds. The van der Waals surface area contributed by atoms with Crippen LogP contribution in [0.4, 0.5) is 23.2 Å². The molecule has 0 aliphatic heterocycles. The van der Waals surface area contributed by atoms with Crippen LogP contribution in [0.5, 0.6) is 0 Å². The molecule has 0 bridgehead atoms. The maximum atomic E-state index is 13.4. The van der Waals surface area contributed by atoms with E-state index in [1.807, 2.05) is 0 Å². The van der Waals surface area contributed by atoms with Crippen molar-refractivity contribution >= 4 is 34.9 Å². The average molecular weight is 445 g/mol. The number of benzene rings is 1. The largest absolute Gasteiger partial charge is 0.408 e. The number of hydrogen-bond donors (Lipinski definition) is 2. The third-order valence-electron chi connectivity index (χ3n) is 4.03. The summed E-state index contributed by atoms with van der Waals surface area (Å²) in [7, 11) is 1.29. The standard InChI is InChI=1S/C18H13ClF4N4O3/c1-8(18(21,22)23)25-17(30)14(28)11-6-13(27(2)15(11)19)16(29)26-10-3-4-12(20)9(5-10)7-24/h3-6,8H,1-2H3,(H,25,30)(H,26,29)/t8-/m1/s1. The van der Waals surface area contributed by atoms with Crippen molar-refractivity contribution in [3.63, 3.8) is 0 Å². The molecule has 0 radical (unpaired) electrons. The molecule has 2 N–H and O–H groups in total. The molecule has 1 aromatic heterocycles. The zero-order chi connectivity index (χ0) is 22.8. The van der Waals surface area contributed by atoms with Gasteiger partial charge in [-0.3, -0.25) is 14.4 Å². The molecule has 0 aliphatic carbocycles. The summed E-state index contributed by atoms with van der Waals surface area (Å²) < 4.78 is 52.1. The lowest BCUT2D eigenvalue weighted by atomic mass is 10.1. The number of amides is 2. The zero-order valence-electron chi connectivity index (χ0n) is 15.4. The number of hydrogen-bond acceptors (Lipinski definition) is 4. The summed E-state index contributed by atoms with van der Waals surface area (Å²) in [5, 5.41) is 12.4. The maximum absolute atomic E-state index is 13.4. The van der Waals surface area contributed by atoms with Gasteiger partial charge in [0, 0.05) is 12.7 Å². The minimum absolute atomic E-state index is 0.0693. The fourth-order valence-electron chi connectivity index (χ4n) is 2.31. The Bertz CT molecular complexity index is 1070. The Kier molecular flexibility index (Phi) is 6.52. The van der Waals surface area contributed by atoms with Crippen LogP contribution >= 0.6 is 11.6 Å². The van der Waals surface area contributed by atoms with Gasteiger partial charge in [-0.05, 0) is 31.2 Å². The molecule has 158 valence electrons. The van der Waals surface area contributed by atoms with Gasteiger partial charge in [0.2, 0.25) is 0 Å². The Morgan fingerprint density at radius 2 is 1.87 bits per heavy atom. The number of nitrogens with zero attached hydrogens (tertiary/aromatic N) is 2. The second kappa shape index (κ2) is 8.54. The number of halogens is 5. The molecule has 1 aromatic carbocycles. The van der Waals surface area contributed by atoms with Crippen LogP contribution < -0.4 is 10.6 Å². The predicted molar refractivity (Wildman–Crippen MR) is 97.5 cm³/mol. The first-order chi connectivity index (χ1) is 13.9. The number of ketones is 1. The van der Waals surface area contributed by atoms with E-state index in [1.54, 1.807) is 6.07 Å². The van der Waals surface area contributed by atoms with Gasteiger partial charge >= 0.3 is 6.18 Å². The minimum Gasteiger partial charge on any atom is -0.338 e. The van der Waals surface area contributed by atoms with Crippen molar-refractivity contribution in [1.82, 2.24) is 9.88 Å². The van der Waals surface area contributed by atoms with E-state index in [0.717, 1.165) is 22.8 Å². The predicted octanol–water partition coefficient (Wildman–Crippen LogP) is 3.19. The average Bonchev–Trinajstić information content (AvgIpc) is 2.97. The molecule has 2 aromatic rings. The Balaban J connectivity index is 2.26. The molecule has 0 spiro atoms. The summed E-state index contributed by atoms with van der Waals surface area (Å²) in [4.78, 5) is 36.5. The molecule has 0 saturated heterocycles. The first-order valence-electron chi connectivity index (χ1n) is 8.15. The molecular weight excluding hydrogens is 432 g/mol. The fourth-order valence-corrected chi connectivity index (χ4v) is 2.54. The highest BCUT2D eigenvalue weighted by Crippen LogP contribution is 2.24. The van der Waals surface area contributed by atoms with Crippen molar-refractivity contribution in [3.05, 3.63) is 52.1 Å². The highest BCUT2D eigenvalue weighted by molar-refractivity contribution is 6.47. The van der Waals surface area contributed by atoms with Crippen molar-refractivity contribution in [1.29, 1.82) is 5.26 Å².